The summed E-state index contributed by atoms with van der Waals surface area (Å²) in [6.45, 7) is 7.12. The van der Waals surface area contributed by atoms with Gasteiger partial charge in [0.2, 0.25) is 5.91 Å². The quantitative estimate of drug-likeness (QED) is 0.926. The van der Waals surface area contributed by atoms with Gasteiger partial charge in [-0.1, -0.05) is 12.1 Å². The molecule has 0 unspecified atom stereocenters. The van der Waals surface area contributed by atoms with Crippen molar-refractivity contribution in [3.63, 3.8) is 0 Å². The van der Waals surface area contributed by atoms with E-state index in [9.17, 15) is 4.79 Å². The molecule has 1 amide bonds. The summed E-state index contributed by atoms with van der Waals surface area (Å²) in [5, 5.41) is 11.9. The van der Waals surface area contributed by atoms with E-state index in [0.29, 0.717) is 19.5 Å². The molecule has 2 rings (SSSR count). The normalized spacial score (nSPS) is 22.7. The fraction of sp³-hybridized carbons (Fsp3) is 0.529. The number of hydrogen-bond acceptors (Lipinski definition) is 4. The zero-order chi connectivity index (χ0) is 16.1. The fourth-order valence-electron chi connectivity index (χ4n) is 2.75. The van der Waals surface area contributed by atoms with Gasteiger partial charge in [0, 0.05) is 18.8 Å². The fourth-order valence-corrected chi connectivity index (χ4v) is 2.75. The number of hydrogen-bond donors (Lipinski definition) is 1. The standard InChI is InChI=1S/C17H23N3O2/c1-12-10-20(11-13(2)22-12)17(21)14(3)19-16-6-4-15(5-7-16)8-9-18/h4-7,12-14,19H,8,10-11H2,1-3H3/t12-,13-,14+/m1/s1. The lowest BCUT2D eigenvalue weighted by Crippen LogP contribution is -2.52. The van der Waals surface area contributed by atoms with Gasteiger partial charge >= 0.3 is 0 Å². The van der Waals surface area contributed by atoms with E-state index < -0.39 is 0 Å². The molecule has 1 aromatic carbocycles. The molecule has 1 aromatic rings. The molecule has 0 saturated carbocycles. The van der Waals surface area contributed by atoms with Crippen LogP contribution in [0.4, 0.5) is 5.69 Å². The number of carbonyl (C=O) groups excluding carboxylic acids is 1. The van der Waals surface area contributed by atoms with Crippen LogP contribution >= 0.6 is 0 Å². The zero-order valence-electron chi connectivity index (χ0n) is 13.4. The average molecular weight is 301 g/mol. The minimum absolute atomic E-state index is 0.0742. The second-order valence-electron chi connectivity index (χ2n) is 5.90. The van der Waals surface area contributed by atoms with Gasteiger partial charge < -0.3 is 15.0 Å². The van der Waals surface area contributed by atoms with Crippen molar-refractivity contribution in [2.75, 3.05) is 18.4 Å². The molecule has 0 aromatic heterocycles. The molecule has 1 fully saturated rings. The predicted molar refractivity (Wildman–Crippen MR) is 85.4 cm³/mol. The van der Waals surface area contributed by atoms with Crippen LogP contribution in [0, 0.1) is 11.3 Å². The number of rotatable bonds is 4. The number of benzene rings is 1. The Morgan fingerprint density at radius 1 is 1.36 bits per heavy atom. The highest BCUT2D eigenvalue weighted by atomic mass is 16.5. The SMILES string of the molecule is C[C@@H]1CN(C(=O)[C@H](C)Nc2ccc(CC#N)cc2)C[C@@H](C)O1. The number of nitriles is 1. The van der Waals surface area contributed by atoms with Crippen molar-refractivity contribution in [2.24, 2.45) is 0 Å². The van der Waals surface area contributed by atoms with Crippen LogP contribution in [0.2, 0.25) is 0 Å². The second-order valence-corrected chi connectivity index (χ2v) is 5.90. The third kappa shape index (κ3) is 4.22. The minimum atomic E-state index is -0.292. The van der Waals surface area contributed by atoms with Crippen molar-refractivity contribution < 1.29 is 9.53 Å². The number of anilines is 1. The van der Waals surface area contributed by atoms with Crippen LogP contribution in [0.15, 0.2) is 24.3 Å². The lowest BCUT2D eigenvalue weighted by molar-refractivity contribution is -0.143. The van der Waals surface area contributed by atoms with E-state index in [1.807, 2.05) is 49.9 Å². The van der Waals surface area contributed by atoms with Crippen LogP contribution in [-0.2, 0) is 16.0 Å². The Labute approximate surface area is 131 Å². The lowest BCUT2D eigenvalue weighted by Gasteiger charge is -2.36. The third-order valence-corrected chi connectivity index (χ3v) is 3.72. The Morgan fingerprint density at radius 3 is 2.50 bits per heavy atom. The summed E-state index contributed by atoms with van der Waals surface area (Å²) < 4.78 is 5.66. The maximum absolute atomic E-state index is 12.5. The topological polar surface area (TPSA) is 65.4 Å². The molecule has 0 radical (unpaired) electrons. The number of carbonyl (C=O) groups is 1. The summed E-state index contributed by atoms with van der Waals surface area (Å²) in [4.78, 5) is 14.4. The van der Waals surface area contributed by atoms with Crippen LogP contribution in [-0.4, -0.2) is 42.1 Å². The molecule has 0 aliphatic carbocycles. The van der Waals surface area contributed by atoms with Crippen LogP contribution < -0.4 is 5.32 Å². The second kappa shape index (κ2) is 7.28. The summed E-state index contributed by atoms with van der Waals surface area (Å²) >= 11 is 0. The summed E-state index contributed by atoms with van der Waals surface area (Å²) in [5.74, 6) is 0.0862. The number of ether oxygens (including phenoxy) is 1. The van der Waals surface area contributed by atoms with Crippen molar-refractivity contribution >= 4 is 11.6 Å². The highest BCUT2D eigenvalue weighted by molar-refractivity contribution is 5.84. The minimum Gasteiger partial charge on any atom is -0.374 e. The highest BCUT2D eigenvalue weighted by Gasteiger charge is 2.28. The van der Waals surface area contributed by atoms with Gasteiger partial charge in [-0.2, -0.15) is 5.26 Å². The van der Waals surface area contributed by atoms with Gasteiger partial charge in [-0.25, -0.2) is 0 Å². The van der Waals surface area contributed by atoms with Gasteiger partial charge in [0.1, 0.15) is 6.04 Å². The molecule has 5 nitrogen and oxygen atoms in total. The maximum Gasteiger partial charge on any atom is 0.244 e. The van der Waals surface area contributed by atoms with E-state index in [2.05, 4.69) is 11.4 Å². The van der Waals surface area contributed by atoms with Gasteiger partial charge in [-0.15, -0.1) is 0 Å². The number of nitrogens with zero attached hydrogens (tertiary/aromatic N) is 2. The monoisotopic (exact) mass is 301 g/mol. The van der Waals surface area contributed by atoms with Crippen LogP contribution in [0.25, 0.3) is 0 Å². The first-order chi connectivity index (χ1) is 10.5. The molecular weight excluding hydrogens is 278 g/mol. The van der Waals surface area contributed by atoms with E-state index in [0.717, 1.165) is 11.3 Å². The average Bonchev–Trinajstić information content (AvgIpc) is 2.47. The van der Waals surface area contributed by atoms with E-state index in [-0.39, 0.29) is 24.2 Å². The Morgan fingerprint density at radius 2 is 1.95 bits per heavy atom. The van der Waals surface area contributed by atoms with E-state index in [1.54, 1.807) is 0 Å². The van der Waals surface area contributed by atoms with Gasteiger partial charge in [0.05, 0.1) is 24.7 Å². The van der Waals surface area contributed by atoms with E-state index in [1.165, 1.54) is 0 Å². The first kappa shape index (κ1) is 16.3. The molecule has 1 N–H and O–H groups in total. The molecule has 1 aliphatic heterocycles. The van der Waals surface area contributed by atoms with Crippen molar-refractivity contribution in [1.82, 2.24) is 4.90 Å². The zero-order valence-corrected chi connectivity index (χ0v) is 13.4. The Kier molecular flexibility index (Phi) is 5.40. The molecule has 1 saturated heterocycles. The smallest absolute Gasteiger partial charge is 0.244 e. The summed E-state index contributed by atoms with van der Waals surface area (Å²) in [7, 11) is 0. The molecule has 22 heavy (non-hydrogen) atoms. The molecular formula is C17H23N3O2. The molecule has 1 aliphatic rings. The van der Waals surface area contributed by atoms with Gasteiger partial charge in [0.25, 0.3) is 0 Å². The molecule has 1 heterocycles. The molecule has 5 heteroatoms. The number of nitrogens with one attached hydrogen (secondary N) is 1. The maximum atomic E-state index is 12.5. The Bertz CT molecular complexity index is 540. The largest absolute Gasteiger partial charge is 0.374 e. The highest BCUT2D eigenvalue weighted by Crippen LogP contribution is 2.15. The van der Waals surface area contributed by atoms with E-state index >= 15 is 0 Å². The van der Waals surface area contributed by atoms with E-state index in [4.69, 9.17) is 10.00 Å². The van der Waals surface area contributed by atoms with Crippen LogP contribution in [0.1, 0.15) is 26.3 Å². The van der Waals surface area contributed by atoms with Crippen molar-refractivity contribution in [2.45, 2.75) is 45.4 Å². The Balaban J connectivity index is 1.94. The van der Waals surface area contributed by atoms with Crippen LogP contribution in [0.5, 0.6) is 0 Å². The lowest BCUT2D eigenvalue weighted by atomic mass is 10.1. The molecule has 3 atom stereocenters. The first-order valence-corrected chi connectivity index (χ1v) is 7.66. The Hall–Kier alpha value is -2.06. The van der Waals surface area contributed by atoms with Crippen LogP contribution in [0.3, 0.4) is 0 Å². The van der Waals surface area contributed by atoms with Crippen molar-refractivity contribution in [3.8, 4) is 6.07 Å². The molecule has 0 bridgehead atoms. The summed E-state index contributed by atoms with van der Waals surface area (Å²) in [6, 6.07) is 9.44. The molecule has 0 spiro atoms. The van der Waals surface area contributed by atoms with Crippen molar-refractivity contribution in [1.29, 1.82) is 5.26 Å². The summed E-state index contributed by atoms with van der Waals surface area (Å²) in [5.41, 5.74) is 1.86. The van der Waals surface area contributed by atoms with Gasteiger partial charge in [-0.3, -0.25) is 4.79 Å². The first-order valence-electron chi connectivity index (χ1n) is 7.66. The number of amides is 1. The third-order valence-electron chi connectivity index (χ3n) is 3.72. The van der Waals surface area contributed by atoms with Gasteiger partial charge in [0.15, 0.2) is 0 Å². The van der Waals surface area contributed by atoms with Gasteiger partial charge in [-0.05, 0) is 38.5 Å². The number of morpholine rings is 1. The summed E-state index contributed by atoms with van der Waals surface area (Å²) in [6.07, 6.45) is 0.550. The van der Waals surface area contributed by atoms with Crippen molar-refractivity contribution in [3.05, 3.63) is 29.8 Å². The molecule has 118 valence electrons. The predicted octanol–water partition coefficient (Wildman–Crippen LogP) is 2.19.